The van der Waals surface area contributed by atoms with Gasteiger partial charge in [0.1, 0.15) is 29.1 Å². The number of likely N-dealkylation sites (tertiary alicyclic amines) is 1. The summed E-state index contributed by atoms with van der Waals surface area (Å²) in [5.74, 6) is 0.889. The zero-order valence-corrected chi connectivity index (χ0v) is 25.6. The molecule has 0 radical (unpaired) electrons. The molecule has 4 aromatic rings. The van der Waals surface area contributed by atoms with Crippen molar-refractivity contribution >= 4 is 22.5 Å². The molecule has 0 aliphatic carbocycles. The molecule has 3 aromatic carbocycles. The number of benzene rings is 3. The topological polar surface area (TPSA) is 88.1 Å². The Hall–Kier alpha value is -4.41. The molecule has 1 amide bonds. The summed E-state index contributed by atoms with van der Waals surface area (Å²) in [7, 11) is 0. The number of carbonyl (C=O) groups is 1. The van der Waals surface area contributed by atoms with E-state index >= 15 is 4.39 Å². The molecule has 5 aliphatic rings. The Morgan fingerprint density at radius 2 is 1.91 bits per heavy atom. The number of fused-ring (bicyclic) bond motifs is 6. The fraction of sp³-hybridized carbons (Fsp3) is 0.389. The van der Waals surface area contributed by atoms with E-state index in [2.05, 4.69) is 26.5 Å². The van der Waals surface area contributed by atoms with Gasteiger partial charge in [0.05, 0.1) is 11.1 Å². The molecule has 46 heavy (non-hydrogen) atoms. The Balaban J connectivity index is 1.20. The number of hydrogen-bond donors (Lipinski definition) is 2. The molecule has 3 saturated heterocycles. The van der Waals surface area contributed by atoms with Gasteiger partial charge in [-0.15, -0.1) is 0 Å². The Bertz CT molecular complexity index is 1950. The summed E-state index contributed by atoms with van der Waals surface area (Å²) in [4.78, 5) is 31.9. The summed E-state index contributed by atoms with van der Waals surface area (Å²) in [5, 5.41) is 6.67. The molecule has 0 bridgehead atoms. The first-order chi connectivity index (χ1) is 22.5. The van der Waals surface area contributed by atoms with Crippen molar-refractivity contribution in [3.8, 4) is 34.1 Å². The van der Waals surface area contributed by atoms with E-state index in [9.17, 15) is 9.59 Å². The molecule has 9 rings (SSSR count). The average molecular weight is 622 g/mol. The van der Waals surface area contributed by atoms with Gasteiger partial charge < -0.3 is 34.5 Å². The lowest BCUT2D eigenvalue weighted by atomic mass is 9.94. The molecule has 2 atom stereocenters. The number of nitrogens with zero attached hydrogens (tertiary/aromatic N) is 3. The number of rotatable bonds is 5. The summed E-state index contributed by atoms with van der Waals surface area (Å²) in [5.41, 5.74) is 3.98. The Labute approximate surface area is 265 Å². The van der Waals surface area contributed by atoms with Crippen LogP contribution in [-0.4, -0.2) is 67.2 Å². The van der Waals surface area contributed by atoms with Crippen LogP contribution in [0.25, 0.3) is 27.7 Å². The third-order valence-corrected chi connectivity index (χ3v) is 10.5. The molecule has 5 aliphatic heterocycles. The van der Waals surface area contributed by atoms with Crippen molar-refractivity contribution in [1.82, 2.24) is 20.1 Å². The number of amides is 1. The minimum Gasteiger partial charge on any atom is -0.488 e. The number of anilines is 1. The SMILES string of the molecule is O=C(NCCN1CCCC1)c1cn2c3c(c(N4CC5CCCNC5C4)c(F)cc3c1=O)Oc1cc3c(cc1-2)-c1ccccc1CO3. The van der Waals surface area contributed by atoms with E-state index in [4.69, 9.17) is 9.47 Å². The maximum atomic E-state index is 16.3. The van der Waals surface area contributed by atoms with Crippen LogP contribution in [0.3, 0.4) is 0 Å². The van der Waals surface area contributed by atoms with Crippen LogP contribution in [0, 0.1) is 11.7 Å². The van der Waals surface area contributed by atoms with E-state index in [0.29, 0.717) is 66.3 Å². The quantitative estimate of drug-likeness (QED) is 0.291. The molecule has 0 spiro atoms. The van der Waals surface area contributed by atoms with Gasteiger partial charge in [-0.05, 0) is 74.5 Å². The third-order valence-electron chi connectivity index (χ3n) is 10.5. The number of pyridine rings is 1. The average Bonchev–Trinajstić information content (AvgIpc) is 3.75. The molecular weight excluding hydrogens is 585 g/mol. The summed E-state index contributed by atoms with van der Waals surface area (Å²) in [6, 6.07) is 13.5. The smallest absolute Gasteiger partial charge is 0.256 e. The number of carbonyl (C=O) groups excluding carboxylic acids is 1. The van der Waals surface area contributed by atoms with E-state index in [0.717, 1.165) is 68.6 Å². The highest BCUT2D eigenvalue weighted by Crippen LogP contribution is 2.51. The predicted molar refractivity (Wildman–Crippen MR) is 174 cm³/mol. The van der Waals surface area contributed by atoms with Gasteiger partial charge in [0, 0.05) is 50.0 Å². The van der Waals surface area contributed by atoms with Crippen molar-refractivity contribution in [3.05, 3.63) is 75.8 Å². The minimum atomic E-state index is -0.525. The first kappa shape index (κ1) is 27.9. The fourth-order valence-corrected chi connectivity index (χ4v) is 8.14. The number of halogens is 1. The van der Waals surface area contributed by atoms with Crippen LogP contribution >= 0.6 is 0 Å². The maximum absolute atomic E-state index is 16.3. The molecule has 6 heterocycles. The van der Waals surface area contributed by atoms with Crippen molar-refractivity contribution in [2.75, 3.05) is 50.7 Å². The van der Waals surface area contributed by atoms with Gasteiger partial charge in [-0.3, -0.25) is 9.59 Å². The molecule has 1 aromatic heterocycles. The second kappa shape index (κ2) is 10.8. The van der Waals surface area contributed by atoms with Crippen LogP contribution < -0.4 is 30.4 Å². The molecule has 0 saturated carbocycles. The molecule has 236 valence electrons. The zero-order valence-electron chi connectivity index (χ0n) is 25.6. The van der Waals surface area contributed by atoms with Crippen LogP contribution in [0.15, 0.2) is 53.5 Å². The van der Waals surface area contributed by atoms with Crippen LogP contribution in [0.2, 0.25) is 0 Å². The highest BCUT2D eigenvalue weighted by Gasteiger charge is 2.39. The Kier molecular flexibility index (Phi) is 6.57. The normalized spacial score (nSPS) is 21.2. The van der Waals surface area contributed by atoms with Crippen molar-refractivity contribution in [1.29, 1.82) is 0 Å². The highest BCUT2D eigenvalue weighted by molar-refractivity contribution is 6.01. The van der Waals surface area contributed by atoms with Crippen LogP contribution in [0.5, 0.6) is 17.2 Å². The van der Waals surface area contributed by atoms with E-state index in [1.165, 1.54) is 6.07 Å². The van der Waals surface area contributed by atoms with Crippen molar-refractivity contribution in [2.24, 2.45) is 5.92 Å². The molecular formula is C36H36FN5O4. The highest BCUT2D eigenvalue weighted by atomic mass is 19.1. The number of nitrogens with one attached hydrogen (secondary N) is 2. The lowest BCUT2D eigenvalue weighted by Crippen LogP contribution is -2.40. The molecule has 9 nitrogen and oxygen atoms in total. The van der Waals surface area contributed by atoms with Gasteiger partial charge >= 0.3 is 0 Å². The Morgan fingerprint density at radius 1 is 1.04 bits per heavy atom. The fourth-order valence-electron chi connectivity index (χ4n) is 8.14. The number of piperidine rings is 1. The molecule has 3 fully saturated rings. The van der Waals surface area contributed by atoms with Crippen LogP contribution in [-0.2, 0) is 6.61 Å². The lowest BCUT2D eigenvalue weighted by molar-refractivity contribution is 0.0948. The van der Waals surface area contributed by atoms with E-state index in [-0.39, 0.29) is 17.0 Å². The largest absolute Gasteiger partial charge is 0.488 e. The van der Waals surface area contributed by atoms with Crippen molar-refractivity contribution in [2.45, 2.75) is 38.3 Å². The van der Waals surface area contributed by atoms with Gasteiger partial charge in [0.2, 0.25) is 5.43 Å². The zero-order chi connectivity index (χ0) is 30.9. The summed E-state index contributed by atoms with van der Waals surface area (Å²) >= 11 is 0. The van der Waals surface area contributed by atoms with Crippen molar-refractivity contribution in [3.63, 3.8) is 0 Å². The van der Waals surface area contributed by atoms with Crippen LogP contribution in [0.4, 0.5) is 10.1 Å². The van der Waals surface area contributed by atoms with Gasteiger partial charge in [-0.25, -0.2) is 4.39 Å². The first-order valence-corrected chi connectivity index (χ1v) is 16.5. The number of hydrogen-bond acceptors (Lipinski definition) is 7. The third kappa shape index (κ3) is 4.41. The van der Waals surface area contributed by atoms with Crippen LogP contribution in [0.1, 0.15) is 41.6 Å². The monoisotopic (exact) mass is 621 g/mol. The van der Waals surface area contributed by atoms with Gasteiger partial charge in [-0.2, -0.15) is 0 Å². The van der Waals surface area contributed by atoms with E-state index in [1.54, 1.807) is 6.20 Å². The second-order valence-electron chi connectivity index (χ2n) is 13.2. The lowest BCUT2D eigenvalue weighted by Gasteiger charge is -2.31. The summed E-state index contributed by atoms with van der Waals surface area (Å²) < 4.78 is 31.0. The van der Waals surface area contributed by atoms with Gasteiger partial charge in [0.15, 0.2) is 17.3 Å². The molecule has 2 N–H and O–H groups in total. The first-order valence-electron chi connectivity index (χ1n) is 16.5. The maximum Gasteiger partial charge on any atom is 0.256 e. The van der Waals surface area contributed by atoms with E-state index < -0.39 is 17.2 Å². The number of aromatic nitrogens is 1. The van der Waals surface area contributed by atoms with Gasteiger partial charge in [-0.1, -0.05) is 24.3 Å². The Morgan fingerprint density at radius 3 is 2.78 bits per heavy atom. The van der Waals surface area contributed by atoms with Gasteiger partial charge in [0.25, 0.3) is 5.91 Å². The summed E-state index contributed by atoms with van der Waals surface area (Å²) in [6.07, 6.45) is 6.12. The minimum absolute atomic E-state index is 0.0226. The van der Waals surface area contributed by atoms with Crippen molar-refractivity contribution < 1.29 is 18.7 Å². The molecule has 2 unspecified atom stereocenters. The number of ether oxygens (including phenoxy) is 2. The summed E-state index contributed by atoms with van der Waals surface area (Å²) in [6.45, 7) is 5.95. The second-order valence-corrected chi connectivity index (χ2v) is 13.2. The standard InChI is InChI=1S/C36H36FN5O4/c37-27-14-25-32-35(33(27)41-17-21-7-5-9-38-28(21)19-41)46-31-16-30-24(23-8-2-1-6-22(23)20-45-30)15-29(31)42(32)18-26(34(25)43)36(44)39-10-13-40-11-3-4-12-40/h1-2,6,8,14-16,18,21,28,38H,3-5,7,9-13,17,19-20H2,(H,39,44). The molecule has 10 heteroatoms. The van der Waals surface area contributed by atoms with E-state index in [1.807, 2.05) is 34.9 Å². The predicted octanol–water partition coefficient (Wildman–Crippen LogP) is 4.81.